The van der Waals surface area contributed by atoms with Crippen molar-refractivity contribution < 1.29 is 18.8 Å². The number of aromatic nitrogens is 1. The van der Waals surface area contributed by atoms with Crippen LogP contribution in [0.2, 0.25) is 0 Å². The minimum Gasteiger partial charge on any atom is -0.462 e. The lowest BCUT2D eigenvalue weighted by molar-refractivity contribution is 0.0524. The largest absolute Gasteiger partial charge is 0.462 e. The summed E-state index contributed by atoms with van der Waals surface area (Å²) in [4.78, 5) is 33.9. The number of nitrogens with zero attached hydrogens (tertiary/aromatic N) is 3. The number of anilines is 1. The number of halogens is 1. The van der Waals surface area contributed by atoms with Crippen LogP contribution in [0.4, 0.5) is 10.1 Å². The quantitative estimate of drug-likeness (QED) is 0.459. The average molecular weight is 486 g/mol. The number of thioether (sulfide) groups is 1. The Morgan fingerprint density at radius 1 is 1.32 bits per heavy atom. The van der Waals surface area contributed by atoms with Gasteiger partial charge < -0.3 is 19.0 Å². The first-order chi connectivity index (χ1) is 16.4. The Balaban J connectivity index is 1.59. The maximum atomic E-state index is 15.5. The van der Waals surface area contributed by atoms with Gasteiger partial charge >= 0.3 is 5.97 Å². The van der Waals surface area contributed by atoms with Crippen molar-refractivity contribution in [3.63, 3.8) is 0 Å². The van der Waals surface area contributed by atoms with Crippen LogP contribution in [0.1, 0.15) is 49.5 Å². The highest BCUT2D eigenvalue weighted by molar-refractivity contribution is 8.03. The van der Waals surface area contributed by atoms with Crippen LogP contribution in [-0.4, -0.2) is 48.8 Å². The van der Waals surface area contributed by atoms with Crippen LogP contribution in [0.5, 0.6) is 0 Å². The van der Waals surface area contributed by atoms with Crippen LogP contribution in [-0.2, 0) is 9.57 Å². The van der Waals surface area contributed by atoms with E-state index >= 15 is 4.39 Å². The van der Waals surface area contributed by atoms with E-state index in [-0.39, 0.29) is 29.5 Å². The molecule has 0 radical (unpaired) electrons. The molecule has 0 spiro atoms. The molecule has 1 aromatic carbocycles. The maximum Gasteiger partial charge on any atom is 0.343 e. The molecule has 3 heterocycles. The van der Waals surface area contributed by atoms with Gasteiger partial charge in [-0.25, -0.2) is 9.18 Å². The summed E-state index contributed by atoms with van der Waals surface area (Å²) in [5.41, 5.74) is 2.59. The molecule has 1 fully saturated rings. The van der Waals surface area contributed by atoms with Gasteiger partial charge in [0, 0.05) is 48.0 Å². The summed E-state index contributed by atoms with van der Waals surface area (Å²) in [6, 6.07) is 3.24. The number of carbonyl (C=O) groups excluding carboxylic acids is 1. The highest BCUT2D eigenvalue weighted by Crippen LogP contribution is 2.41. The Hall–Kier alpha value is -2.81. The molecule has 0 N–H and O–H groups in total. The summed E-state index contributed by atoms with van der Waals surface area (Å²) in [6.07, 6.45) is 4.31. The molecule has 0 saturated heterocycles. The van der Waals surface area contributed by atoms with Crippen molar-refractivity contribution in [1.29, 1.82) is 0 Å². The summed E-state index contributed by atoms with van der Waals surface area (Å²) < 4.78 is 22.5. The van der Waals surface area contributed by atoms with Crippen molar-refractivity contribution in [3.05, 3.63) is 50.4 Å². The molecule has 2 aromatic rings. The van der Waals surface area contributed by atoms with E-state index < -0.39 is 17.2 Å². The van der Waals surface area contributed by atoms with Gasteiger partial charge in [-0.3, -0.25) is 4.79 Å². The van der Waals surface area contributed by atoms with Gasteiger partial charge in [0.15, 0.2) is 0 Å². The van der Waals surface area contributed by atoms with Crippen molar-refractivity contribution in [2.24, 2.45) is 11.1 Å². The first-order valence-corrected chi connectivity index (χ1v) is 12.7. The number of hydrogen-bond acceptors (Lipinski definition) is 7. The molecule has 5 rings (SSSR count). The van der Waals surface area contributed by atoms with E-state index in [0.29, 0.717) is 24.3 Å². The molecule has 1 unspecified atom stereocenters. The van der Waals surface area contributed by atoms with Crippen molar-refractivity contribution in [2.75, 3.05) is 37.5 Å². The second-order valence-electron chi connectivity index (χ2n) is 9.00. The zero-order valence-corrected chi connectivity index (χ0v) is 20.4. The van der Waals surface area contributed by atoms with E-state index in [2.05, 4.69) is 12.1 Å². The molecular weight excluding hydrogens is 457 g/mol. The summed E-state index contributed by atoms with van der Waals surface area (Å²) in [5, 5.41) is 4.49. The van der Waals surface area contributed by atoms with Gasteiger partial charge in [0.1, 0.15) is 18.5 Å². The summed E-state index contributed by atoms with van der Waals surface area (Å²) in [5.74, 6) is 0.0739. The van der Waals surface area contributed by atoms with Gasteiger partial charge in [-0.2, -0.15) is 0 Å². The van der Waals surface area contributed by atoms with E-state index in [0.717, 1.165) is 36.3 Å². The number of ether oxygens (including phenoxy) is 1. The SMILES string of the molecule is CCOC(=O)c1cn(C2CC2)c2cc(N3CCC4=C(C3)/C(=N/OC)C(C)CS4)c(F)cc2c1=O. The number of hydrogen-bond donors (Lipinski definition) is 0. The Kier molecular flexibility index (Phi) is 6.14. The van der Waals surface area contributed by atoms with Crippen LogP contribution in [0.3, 0.4) is 0 Å². The molecule has 1 aromatic heterocycles. The lowest BCUT2D eigenvalue weighted by Gasteiger charge is -2.36. The molecule has 34 heavy (non-hydrogen) atoms. The Labute approximate surface area is 201 Å². The highest BCUT2D eigenvalue weighted by Gasteiger charge is 2.33. The third-order valence-electron chi connectivity index (χ3n) is 6.64. The van der Waals surface area contributed by atoms with E-state index in [1.807, 2.05) is 21.2 Å². The van der Waals surface area contributed by atoms with E-state index in [4.69, 9.17) is 9.57 Å². The summed E-state index contributed by atoms with van der Waals surface area (Å²) >= 11 is 1.85. The molecule has 1 aliphatic carbocycles. The predicted molar refractivity (Wildman–Crippen MR) is 132 cm³/mol. The van der Waals surface area contributed by atoms with Crippen LogP contribution >= 0.6 is 11.8 Å². The number of pyridine rings is 1. The first-order valence-electron chi connectivity index (χ1n) is 11.7. The standard InChI is InChI=1S/C25H28FN3O4S/c1-4-33-25(31)18-12-29(15-5-6-15)20-10-21(19(26)9-16(20)24(18)30)28-8-7-22-17(11-28)23(27-32-3)14(2)13-34-22/h9-10,12,14-15H,4-8,11,13H2,1-3H3/b27-23+. The van der Waals surface area contributed by atoms with Gasteiger partial charge in [0.05, 0.1) is 23.5 Å². The lowest BCUT2D eigenvalue weighted by Crippen LogP contribution is -2.38. The normalized spacial score (nSPS) is 21.7. The predicted octanol–water partition coefficient (Wildman–Crippen LogP) is 4.50. The smallest absolute Gasteiger partial charge is 0.343 e. The second kappa shape index (κ2) is 9.09. The number of carbonyl (C=O) groups is 1. The van der Waals surface area contributed by atoms with Gasteiger partial charge in [0.25, 0.3) is 0 Å². The number of fused-ring (bicyclic) bond motifs is 1. The average Bonchev–Trinajstić information content (AvgIpc) is 3.66. The Bertz CT molecular complexity index is 1280. The summed E-state index contributed by atoms with van der Waals surface area (Å²) in [7, 11) is 1.55. The second-order valence-corrected chi connectivity index (χ2v) is 10.1. The minimum atomic E-state index is -0.669. The fourth-order valence-corrected chi connectivity index (χ4v) is 5.98. The fourth-order valence-electron chi connectivity index (χ4n) is 4.79. The first kappa shape index (κ1) is 23.0. The number of esters is 1. The topological polar surface area (TPSA) is 73.1 Å². The molecule has 180 valence electrons. The molecule has 3 aliphatic rings. The molecule has 9 heteroatoms. The van der Waals surface area contributed by atoms with Crippen molar-refractivity contribution in [2.45, 2.75) is 39.2 Å². The zero-order chi connectivity index (χ0) is 24.0. The number of oxime groups is 1. The zero-order valence-electron chi connectivity index (χ0n) is 19.6. The molecule has 7 nitrogen and oxygen atoms in total. The van der Waals surface area contributed by atoms with E-state index in [9.17, 15) is 9.59 Å². The fraction of sp³-hybridized carbons (Fsp3) is 0.480. The van der Waals surface area contributed by atoms with Crippen LogP contribution < -0.4 is 10.3 Å². The van der Waals surface area contributed by atoms with Crippen molar-refractivity contribution in [3.8, 4) is 0 Å². The molecule has 0 amide bonds. The van der Waals surface area contributed by atoms with E-state index in [1.165, 1.54) is 11.0 Å². The molecule has 1 saturated carbocycles. The third kappa shape index (κ3) is 4.00. The van der Waals surface area contributed by atoms with Crippen molar-refractivity contribution >= 4 is 40.0 Å². The number of benzene rings is 1. The Morgan fingerprint density at radius 3 is 2.82 bits per heavy atom. The highest BCUT2D eigenvalue weighted by atomic mass is 32.2. The minimum absolute atomic E-state index is 0.0465. The molecule has 2 aliphatic heterocycles. The third-order valence-corrected chi connectivity index (χ3v) is 8.11. The lowest BCUT2D eigenvalue weighted by atomic mass is 9.95. The summed E-state index contributed by atoms with van der Waals surface area (Å²) in [6.45, 7) is 5.20. The van der Waals surface area contributed by atoms with Gasteiger partial charge in [-0.05, 0) is 43.2 Å². The van der Waals surface area contributed by atoms with Gasteiger partial charge in [-0.1, -0.05) is 12.1 Å². The molecule has 0 bridgehead atoms. The van der Waals surface area contributed by atoms with Crippen LogP contribution in [0.25, 0.3) is 10.9 Å². The van der Waals surface area contributed by atoms with Gasteiger partial charge in [-0.15, -0.1) is 11.8 Å². The Morgan fingerprint density at radius 2 is 2.12 bits per heavy atom. The monoisotopic (exact) mass is 485 g/mol. The molecule has 1 atom stereocenters. The van der Waals surface area contributed by atoms with Crippen LogP contribution in [0.15, 0.2) is 38.8 Å². The van der Waals surface area contributed by atoms with Crippen molar-refractivity contribution in [1.82, 2.24) is 4.57 Å². The van der Waals surface area contributed by atoms with E-state index in [1.54, 1.807) is 26.3 Å². The molecular formula is C25H28FN3O4S. The van der Waals surface area contributed by atoms with Crippen LogP contribution in [0, 0.1) is 11.7 Å². The maximum absolute atomic E-state index is 15.5. The van der Waals surface area contributed by atoms with Gasteiger partial charge in [0.2, 0.25) is 5.43 Å². The number of rotatable bonds is 5.